The Labute approximate surface area is 227 Å². The Morgan fingerprint density at radius 3 is 2.50 bits per heavy atom. The second-order valence-electron chi connectivity index (χ2n) is 8.54. The van der Waals surface area contributed by atoms with E-state index in [1.807, 2.05) is 0 Å². The lowest BCUT2D eigenvalue weighted by Gasteiger charge is -2.16. The van der Waals surface area contributed by atoms with Gasteiger partial charge in [0.25, 0.3) is 0 Å². The Hall–Kier alpha value is -4.98. The Bertz CT molecular complexity index is 1910. The number of rotatable bonds is 6. The SMILES string of the molecule is COC(=O)c1cncc(-n2c(=O)nc(Nc3cc4cn(C)nc4cc3Cl)n(Cc3cc(F)c(F)c(F)c3)c2=O)c1. The molecule has 204 valence electrons. The van der Waals surface area contributed by atoms with Gasteiger partial charge in [-0.05, 0) is 35.9 Å². The molecule has 2 aromatic carbocycles. The molecule has 40 heavy (non-hydrogen) atoms. The van der Waals surface area contributed by atoms with Crippen molar-refractivity contribution in [2.75, 3.05) is 12.4 Å². The van der Waals surface area contributed by atoms with Crippen LogP contribution in [0.5, 0.6) is 0 Å². The maximum absolute atomic E-state index is 14.0. The third kappa shape index (κ3) is 4.91. The molecule has 0 bridgehead atoms. The van der Waals surface area contributed by atoms with Gasteiger partial charge in [-0.2, -0.15) is 10.1 Å². The third-order valence-electron chi connectivity index (χ3n) is 5.81. The number of nitrogens with one attached hydrogen (secondary N) is 1. The lowest BCUT2D eigenvalue weighted by Crippen LogP contribution is -2.42. The lowest BCUT2D eigenvalue weighted by molar-refractivity contribution is 0.0600. The van der Waals surface area contributed by atoms with Crippen molar-refractivity contribution in [2.45, 2.75) is 6.54 Å². The average molecular weight is 572 g/mol. The molecule has 1 N–H and O–H groups in total. The van der Waals surface area contributed by atoms with E-state index in [0.29, 0.717) is 27.6 Å². The second-order valence-corrected chi connectivity index (χ2v) is 8.94. The largest absolute Gasteiger partial charge is 0.465 e. The summed E-state index contributed by atoms with van der Waals surface area (Å²) in [4.78, 5) is 46.6. The van der Waals surface area contributed by atoms with Crippen LogP contribution in [0.1, 0.15) is 15.9 Å². The molecule has 0 spiro atoms. The summed E-state index contributed by atoms with van der Waals surface area (Å²) >= 11 is 6.40. The molecule has 5 rings (SSSR count). The van der Waals surface area contributed by atoms with Gasteiger partial charge in [0, 0.05) is 24.8 Å². The molecule has 0 aliphatic carbocycles. The fraction of sp³-hybridized carbons (Fsp3) is 0.120. The number of anilines is 2. The lowest BCUT2D eigenvalue weighted by atomic mass is 10.2. The van der Waals surface area contributed by atoms with Gasteiger partial charge in [0.1, 0.15) is 0 Å². The molecular formula is C25H17ClF3N7O4. The monoisotopic (exact) mass is 571 g/mol. The molecule has 0 amide bonds. The van der Waals surface area contributed by atoms with E-state index in [9.17, 15) is 27.6 Å². The standard InChI is InChI=1S/C25H17ClF3N7O4/c1-34-11-14-6-20(16(26)7-19(14)33-34)31-23-32-24(38)36(15-5-13(8-30-9-15)22(37)40-2)25(39)35(23)10-12-3-17(27)21(29)18(28)4-12/h3-9,11H,10H2,1-2H3,(H,31,32,38). The molecule has 0 saturated heterocycles. The van der Waals surface area contributed by atoms with Crippen molar-refractivity contribution in [2.24, 2.45) is 7.05 Å². The predicted molar refractivity (Wildman–Crippen MR) is 138 cm³/mol. The molecule has 3 aromatic heterocycles. The first-order valence-corrected chi connectivity index (χ1v) is 11.7. The van der Waals surface area contributed by atoms with Gasteiger partial charge in [0.2, 0.25) is 5.95 Å². The number of carbonyl (C=O) groups excluding carboxylic acids is 1. The topological polar surface area (TPSA) is 126 Å². The van der Waals surface area contributed by atoms with Gasteiger partial charge in [-0.3, -0.25) is 14.2 Å². The van der Waals surface area contributed by atoms with Crippen LogP contribution in [0.15, 0.2) is 58.5 Å². The first kappa shape index (κ1) is 26.6. The maximum Gasteiger partial charge on any atom is 0.359 e. The highest BCUT2D eigenvalue weighted by Crippen LogP contribution is 2.29. The molecule has 11 nitrogen and oxygen atoms in total. The summed E-state index contributed by atoms with van der Waals surface area (Å²) in [6.07, 6.45) is 4.02. The van der Waals surface area contributed by atoms with Crippen LogP contribution in [-0.2, 0) is 18.3 Å². The fourth-order valence-corrected chi connectivity index (χ4v) is 4.21. The fourth-order valence-electron chi connectivity index (χ4n) is 4.00. The second kappa shape index (κ2) is 10.3. The summed E-state index contributed by atoms with van der Waals surface area (Å²) in [5.41, 5.74) is -1.60. The number of halogens is 4. The average Bonchev–Trinajstić information content (AvgIpc) is 3.27. The van der Waals surface area contributed by atoms with Gasteiger partial charge in [0.15, 0.2) is 17.5 Å². The smallest absolute Gasteiger partial charge is 0.359 e. The number of hydrogen-bond acceptors (Lipinski definition) is 8. The number of esters is 1. The minimum atomic E-state index is -1.68. The molecule has 15 heteroatoms. The number of benzene rings is 2. The number of ether oxygens (including phenoxy) is 1. The van der Waals surface area contributed by atoms with E-state index >= 15 is 0 Å². The zero-order valence-corrected chi connectivity index (χ0v) is 21.4. The van der Waals surface area contributed by atoms with Crippen LogP contribution in [0.25, 0.3) is 16.6 Å². The van der Waals surface area contributed by atoms with Crippen LogP contribution in [0.4, 0.5) is 24.8 Å². The quantitative estimate of drug-likeness (QED) is 0.243. The molecule has 0 unspecified atom stereocenters. The van der Waals surface area contributed by atoms with Crippen LogP contribution in [0.2, 0.25) is 5.02 Å². The van der Waals surface area contributed by atoms with E-state index < -0.39 is 41.3 Å². The first-order valence-electron chi connectivity index (χ1n) is 11.4. The number of aryl methyl sites for hydroxylation is 1. The van der Waals surface area contributed by atoms with E-state index in [2.05, 4.69) is 25.1 Å². The van der Waals surface area contributed by atoms with Crippen LogP contribution >= 0.6 is 11.6 Å². The van der Waals surface area contributed by atoms with E-state index in [1.54, 1.807) is 30.1 Å². The first-order chi connectivity index (χ1) is 19.0. The Kier molecular flexibility index (Phi) is 6.85. The van der Waals surface area contributed by atoms with E-state index in [4.69, 9.17) is 11.6 Å². The van der Waals surface area contributed by atoms with E-state index in [1.165, 1.54) is 12.3 Å². The number of nitrogens with zero attached hydrogens (tertiary/aromatic N) is 6. The maximum atomic E-state index is 14.0. The number of pyridine rings is 1. The van der Waals surface area contributed by atoms with Crippen molar-refractivity contribution in [1.29, 1.82) is 0 Å². The highest BCUT2D eigenvalue weighted by molar-refractivity contribution is 6.34. The van der Waals surface area contributed by atoms with Crippen molar-refractivity contribution in [3.63, 3.8) is 0 Å². The van der Waals surface area contributed by atoms with Crippen molar-refractivity contribution < 1.29 is 22.7 Å². The van der Waals surface area contributed by atoms with Gasteiger partial charge in [-0.15, -0.1) is 0 Å². The summed E-state index contributed by atoms with van der Waals surface area (Å²) < 4.78 is 49.3. The van der Waals surface area contributed by atoms with Gasteiger partial charge in [0.05, 0.1) is 47.3 Å². The van der Waals surface area contributed by atoms with E-state index in [-0.39, 0.29) is 33.5 Å². The van der Waals surface area contributed by atoms with E-state index in [0.717, 1.165) is 17.9 Å². The van der Waals surface area contributed by atoms with Crippen molar-refractivity contribution in [1.82, 2.24) is 28.9 Å². The van der Waals surface area contributed by atoms with Gasteiger partial charge in [-0.25, -0.2) is 32.1 Å². The molecule has 0 aliphatic rings. The van der Waals surface area contributed by atoms with Crippen LogP contribution in [0, 0.1) is 17.5 Å². The Balaban J connectivity index is 1.69. The number of methoxy groups -OCH3 is 1. The number of hydrogen-bond donors (Lipinski definition) is 1. The Morgan fingerprint density at radius 1 is 1.07 bits per heavy atom. The normalized spacial score (nSPS) is 11.2. The van der Waals surface area contributed by atoms with Gasteiger partial charge >= 0.3 is 17.3 Å². The van der Waals surface area contributed by atoms with Crippen LogP contribution in [0.3, 0.4) is 0 Å². The summed E-state index contributed by atoms with van der Waals surface area (Å²) in [6.45, 7) is -0.542. The van der Waals surface area contributed by atoms with Crippen molar-refractivity contribution >= 4 is 40.1 Å². The third-order valence-corrected chi connectivity index (χ3v) is 6.13. The molecule has 0 saturated carbocycles. The number of carbonyl (C=O) groups is 1. The summed E-state index contributed by atoms with van der Waals surface area (Å²) in [5.74, 6) is -5.73. The minimum Gasteiger partial charge on any atom is -0.465 e. The van der Waals surface area contributed by atoms with Crippen LogP contribution < -0.4 is 16.7 Å². The van der Waals surface area contributed by atoms with Gasteiger partial charge < -0.3 is 10.1 Å². The molecule has 5 aromatic rings. The summed E-state index contributed by atoms with van der Waals surface area (Å²) in [5, 5.41) is 7.92. The Morgan fingerprint density at radius 2 is 1.80 bits per heavy atom. The van der Waals surface area contributed by atoms with Crippen LogP contribution in [-0.4, -0.2) is 42.0 Å². The molecule has 3 heterocycles. The highest BCUT2D eigenvalue weighted by atomic mass is 35.5. The molecule has 0 atom stereocenters. The summed E-state index contributed by atoms with van der Waals surface area (Å²) in [7, 11) is 2.86. The highest BCUT2D eigenvalue weighted by Gasteiger charge is 2.20. The zero-order valence-electron chi connectivity index (χ0n) is 20.7. The minimum absolute atomic E-state index is 0.0562. The number of aromatic nitrogens is 6. The molecule has 0 aliphatic heterocycles. The molecule has 0 radical (unpaired) electrons. The van der Waals surface area contributed by atoms with Gasteiger partial charge in [-0.1, -0.05) is 11.6 Å². The van der Waals surface area contributed by atoms with Crippen molar-refractivity contribution in [3.8, 4) is 5.69 Å². The number of fused-ring (bicyclic) bond motifs is 1. The summed E-state index contributed by atoms with van der Waals surface area (Å²) in [6, 6.07) is 5.76. The zero-order chi connectivity index (χ0) is 28.7. The molecule has 0 fully saturated rings. The predicted octanol–water partition coefficient (Wildman–Crippen LogP) is 3.33. The van der Waals surface area contributed by atoms with Crippen molar-refractivity contribution in [3.05, 3.63) is 103 Å². The molecular weight excluding hydrogens is 555 g/mol.